The minimum absolute atomic E-state index is 0.0281. The van der Waals surface area contributed by atoms with Crippen LogP contribution >= 0.6 is 6.72 Å². The van der Waals surface area contributed by atoms with Gasteiger partial charge in [-0.15, -0.1) is 0 Å². The molecule has 2 aromatic rings. The molecule has 14 heteroatoms. The molecular formula is C10H13N5O7PS-. The van der Waals surface area contributed by atoms with Gasteiger partial charge in [0.05, 0.1) is 12.9 Å². The van der Waals surface area contributed by atoms with Crippen molar-refractivity contribution in [3.63, 3.8) is 0 Å². The van der Waals surface area contributed by atoms with E-state index in [0.29, 0.717) is 0 Å². The molecule has 2 aromatic heterocycles. The van der Waals surface area contributed by atoms with Crippen molar-refractivity contribution in [2.24, 2.45) is 0 Å². The predicted octanol–water partition coefficient (Wildman–Crippen LogP) is -3.09. The maximum atomic E-state index is 11.8. The second-order valence-electron chi connectivity index (χ2n) is 5.09. The van der Waals surface area contributed by atoms with Gasteiger partial charge in [0.25, 0.3) is 5.56 Å². The number of nitrogens with zero attached hydrogens (tertiary/aromatic N) is 3. The lowest BCUT2D eigenvalue weighted by atomic mass is 10.1. The van der Waals surface area contributed by atoms with Gasteiger partial charge in [0.2, 0.25) is 5.95 Å². The zero-order chi connectivity index (χ0) is 17.6. The summed E-state index contributed by atoms with van der Waals surface area (Å²) in [5.74, 6) is -0.158. The van der Waals surface area contributed by atoms with Crippen LogP contribution in [0.25, 0.3) is 11.2 Å². The summed E-state index contributed by atoms with van der Waals surface area (Å²) >= 11 is 4.20. The Morgan fingerprint density at radius 1 is 1.54 bits per heavy atom. The van der Waals surface area contributed by atoms with Crippen molar-refractivity contribution in [3.8, 4) is 0 Å². The molecule has 1 saturated heterocycles. The van der Waals surface area contributed by atoms with Gasteiger partial charge in [-0.3, -0.25) is 14.3 Å². The van der Waals surface area contributed by atoms with Crippen LogP contribution in [-0.2, 0) is 21.1 Å². The smallest absolute Gasteiger partial charge is 0.280 e. The fourth-order valence-corrected chi connectivity index (χ4v) is 2.91. The van der Waals surface area contributed by atoms with Gasteiger partial charge in [0.15, 0.2) is 17.4 Å². The fourth-order valence-electron chi connectivity index (χ4n) is 2.39. The summed E-state index contributed by atoms with van der Waals surface area (Å²) in [6.07, 6.45) is -3.93. The highest BCUT2D eigenvalue weighted by Crippen LogP contribution is 2.35. The molecule has 6 N–H and O–H groups in total. The number of anilines is 1. The number of aromatic nitrogens is 4. The number of nitrogens with one attached hydrogen (secondary N) is 1. The summed E-state index contributed by atoms with van der Waals surface area (Å²) < 4.78 is 11.2. The zero-order valence-corrected chi connectivity index (χ0v) is 13.6. The van der Waals surface area contributed by atoms with Crippen LogP contribution in [0, 0.1) is 0 Å². The molecule has 132 valence electrons. The first kappa shape index (κ1) is 17.4. The molecule has 0 aliphatic carbocycles. The number of hydrogen-bond acceptors (Lipinski definition) is 10. The number of aliphatic hydroxyl groups is 2. The van der Waals surface area contributed by atoms with Gasteiger partial charge < -0.3 is 35.0 Å². The first-order chi connectivity index (χ1) is 11.2. The van der Waals surface area contributed by atoms with Crippen molar-refractivity contribution in [1.29, 1.82) is 0 Å². The van der Waals surface area contributed by atoms with Crippen LogP contribution in [0.3, 0.4) is 0 Å². The number of hydrogen-bond donors (Lipinski definition) is 5. The largest absolute Gasteiger partial charge is 0.780 e. The van der Waals surface area contributed by atoms with Crippen LogP contribution in [0.5, 0.6) is 0 Å². The summed E-state index contributed by atoms with van der Waals surface area (Å²) in [5.41, 5.74) is 4.93. The molecule has 24 heavy (non-hydrogen) atoms. The van der Waals surface area contributed by atoms with Crippen LogP contribution in [0.1, 0.15) is 6.23 Å². The molecule has 0 bridgehead atoms. The Morgan fingerprint density at radius 2 is 2.25 bits per heavy atom. The van der Waals surface area contributed by atoms with E-state index in [9.17, 15) is 19.9 Å². The molecule has 3 unspecified atom stereocenters. The van der Waals surface area contributed by atoms with Crippen LogP contribution in [0.2, 0.25) is 0 Å². The van der Waals surface area contributed by atoms with E-state index < -0.39 is 43.4 Å². The van der Waals surface area contributed by atoms with Gasteiger partial charge in [-0.2, -0.15) is 4.98 Å². The molecule has 3 rings (SSSR count). The number of rotatable bonds is 4. The third-order valence-corrected chi connectivity index (χ3v) is 4.26. The number of aliphatic hydroxyl groups excluding tert-OH is 2. The van der Waals surface area contributed by atoms with Crippen LogP contribution in [0.4, 0.5) is 5.95 Å². The third kappa shape index (κ3) is 3.20. The molecule has 12 nitrogen and oxygen atoms in total. The van der Waals surface area contributed by atoms with Gasteiger partial charge in [0.1, 0.15) is 25.0 Å². The number of ether oxygens (including phenoxy) is 1. The third-order valence-electron chi connectivity index (χ3n) is 3.46. The molecule has 3 heterocycles. The molecule has 0 aromatic carbocycles. The first-order valence-corrected chi connectivity index (χ1v) is 9.19. The average Bonchev–Trinajstić information content (AvgIpc) is 3.00. The molecular weight excluding hydrogens is 365 g/mol. The molecule has 1 aliphatic heterocycles. The number of imidazole rings is 1. The van der Waals surface area contributed by atoms with Gasteiger partial charge in [0, 0.05) is 0 Å². The minimum atomic E-state index is -4.18. The van der Waals surface area contributed by atoms with Crippen molar-refractivity contribution in [3.05, 3.63) is 16.7 Å². The van der Waals surface area contributed by atoms with E-state index in [-0.39, 0.29) is 17.1 Å². The number of H-pyrrole nitrogens is 1. The second-order valence-corrected chi connectivity index (χ2v) is 7.67. The average molecular weight is 378 g/mol. The lowest BCUT2D eigenvalue weighted by Gasteiger charge is -2.23. The number of fused-ring (bicyclic) bond motifs is 1. The van der Waals surface area contributed by atoms with Crippen molar-refractivity contribution >= 4 is 35.6 Å². The Labute approximate surface area is 138 Å². The summed E-state index contributed by atoms with van der Waals surface area (Å²) in [4.78, 5) is 41.8. The maximum absolute atomic E-state index is 11.8. The Balaban J connectivity index is 1.90. The van der Waals surface area contributed by atoms with E-state index in [1.165, 1.54) is 10.9 Å². The van der Waals surface area contributed by atoms with Gasteiger partial charge in [-0.1, -0.05) is 11.8 Å². The van der Waals surface area contributed by atoms with E-state index in [1.807, 2.05) is 0 Å². The molecule has 0 radical (unpaired) electrons. The molecule has 0 amide bonds. The van der Waals surface area contributed by atoms with E-state index >= 15 is 0 Å². The van der Waals surface area contributed by atoms with Crippen molar-refractivity contribution in [1.82, 2.24) is 19.5 Å². The predicted molar refractivity (Wildman–Crippen MR) is 80.9 cm³/mol. The highest BCUT2D eigenvalue weighted by molar-refractivity contribution is 8.06. The summed E-state index contributed by atoms with van der Waals surface area (Å²) in [6, 6.07) is 0. The number of nitrogen functional groups attached to an aromatic ring is 1. The van der Waals surface area contributed by atoms with Gasteiger partial charge in [-0.25, -0.2) is 4.98 Å². The summed E-state index contributed by atoms with van der Waals surface area (Å²) in [6.45, 7) is -4.68. The normalized spacial score (nSPS) is 29.8. The number of nitrogens with two attached hydrogens (primary N) is 1. The Morgan fingerprint density at radius 3 is 2.92 bits per heavy atom. The van der Waals surface area contributed by atoms with Crippen molar-refractivity contribution < 1.29 is 29.3 Å². The Hall–Kier alpha value is -1.44. The van der Waals surface area contributed by atoms with E-state index in [2.05, 4.69) is 31.3 Å². The van der Waals surface area contributed by atoms with Gasteiger partial charge in [-0.05, 0) is 0 Å². The van der Waals surface area contributed by atoms with E-state index in [1.54, 1.807) is 0 Å². The second kappa shape index (κ2) is 6.13. The Bertz CT molecular complexity index is 865. The zero-order valence-electron chi connectivity index (χ0n) is 11.8. The minimum Gasteiger partial charge on any atom is -0.780 e. The molecule has 0 saturated carbocycles. The standard InChI is InChI=1S/C10H14N5O7PS/c11-10-13-7-4(8(18)14-10)12-2-15(7)9-6(17)5(16)3(22-9)1-21-23(19,20)24/h2-3,5-6,9,16-17H,1H2,(H2,19,20,24)(H3,11,13,14,18)/p-1/t3-,5?,6?,9-/m1/s1. The fraction of sp³-hybridized carbons (Fsp3) is 0.500. The van der Waals surface area contributed by atoms with Crippen LogP contribution in [0.15, 0.2) is 11.1 Å². The van der Waals surface area contributed by atoms with Crippen molar-refractivity contribution in [2.75, 3.05) is 12.3 Å². The molecule has 0 spiro atoms. The lowest BCUT2D eigenvalue weighted by molar-refractivity contribution is -0.204. The van der Waals surface area contributed by atoms with E-state index in [4.69, 9.17) is 15.4 Å². The summed E-state index contributed by atoms with van der Waals surface area (Å²) in [5, 5.41) is 20.1. The summed E-state index contributed by atoms with van der Waals surface area (Å²) in [7, 11) is 0. The topological polar surface area (TPSA) is 192 Å². The maximum Gasteiger partial charge on any atom is 0.280 e. The SMILES string of the molecule is Nc1nc2c(ncn2[C@@H]2O[C@H](COP([O-])(O)=S)C(O)C2O)c(=O)[nH]1. The van der Waals surface area contributed by atoms with Crippen LogP contribution in [-0.4, -0.2) is 59.5 Å². The molecule has 1 aliphatic rings. The quantitative estimate of drug-likeness (QED) is 0.339. The van der Waals surface area contributed by atoms with Gasteiger partial charge >= 0.3 is 0 Å². The van der Waals surface area contributed by atoms with E-state index in [0.717, 1.165) is 0 Å². The van der Waals surface area contributed by atoms with Crippen molar-refractivity contribution in [2.45, 2.75) is 24.5 Å². The Kier molecular flexibility index (Phi) is 4.44. The highest BCUT2D eigenvalue weighted by Gasteiger charge is 2.44. The lowest BCUT2D eigenvalue weighted by Crippen LogP contribution is -2.34. The first-order valence-electron chi connectivity index (χ1n) is 6.59. The number of aromatic amines is 1. The van der Waals surface area contributed by atoms with Crippen LogP contribution < -0.4 is 16.2 Å². The monoisotopic (exact) mass is 378 g/mol. The molecule has 1 fully saturated rings. The highest BCUT2D eigenvalue weighted by atomic mass is 32.5. The molecule has 5 atom stereocenters.